The van der Waals surface area contributed by atoms with Crippen molar-refractivity contribution < 1.29 is 9.53 Å². The van der Waals surface area contributed by atoms with Gasteiger partial charge in [0.05, 0.1) is 12.0 Å². The van der Waals surface area contributed by atoms with Gasteiger partial charge in [0.25, 0.3) is 0 Å². The predicted molar refractivity (Wildman–Crippen MR) is 121 cm³/mol. The van der Waals surface area contributed by atoms with Gasteiger partial charge in [0.2, 0.25) is 5.91 Å². The molecule has 148 valence electrons. The maximum atomic E-state index is 11.8. The molecule has 0 aliphatic rings. The molecule has 0 saturated carbocycles. The Morgan fingerprint density at radius 3 is 2.41 bits per heavy atom. The largest absolute Gasteiger partial charge is 0.489 e. The lowest BCUT2D eigenvalue weighted by atomic mass is 10.2. The summed E-state index contributed by atoms with van der Waals surface area (Å²) in [7, 11) is 0. The Bertz CT molecular complexity index is 929. The Morgan fingerprint density at radius 2 is 1.69 bits per heavy atom. The molecule has 0 aliphatic heterocycles. The van der Waals surface area contributed by atoms with Crippen molar-refractivity contribution in [1.29, 1.82) is 0 Å². The summed E-state index contributed by atoms with van der Waals surface area (Å²) < 4.78 is 5.75. The molecular formula is C23H21ClN2O2S. The molecular weight excluding hydrogens is 404 g/mol. The van der Waals surface area contributed by atoms with E-state index in [2.05, 4.69) is 10.5 Å². The molecule has 0 unspecified atom stereocenters. The quantitative estimate of drug-likeness (QED) is 0.374. The second-order valence-corrected chi connectivity index (χ2v) is 7.68. The number of thioether (sulfide) groups is 1. The van der Waals surface area contributed by atoms with E-state index >= 15 is 0 Å². The Labute approximate surface area is 179 Å². The van der Waals surface area contributed by atoms with Crippen LogP contribution in [-0.2, 0) is 17.2 Å². The van der Waals surface area contributed by atoms with E-state index in [1.807, 2.05) is 78.9 Å². The van der Waals surface area contributed by atoms with Crippen molar-refractivity contribution in [2.75, 3.05) is 5.75 Å². The average Bonchev–Trinajstić information content (AvgIpc) is 2.75. The Morgan fingerprint density at radius 1 is 0.966 bits per heavy atom. The first-order chi connectivity index (χ1) is 14.2. The van der Waals surface area contributed by atoms with Crippen molar-refractivity contribution in [1.82, 2.24) is 5.43 Å². The minimum atomic E-state index is -0.120. The van der Waals surface area contributed by atoms with E-state index < -0.39 is 0 Å². The van der Waals surface area contributed by atoms with Gasteiger partial charge in [-0.1, -0.05) is 54.1 Å². The molecule has 1 amide bonds. The van der Waals surface area contributed by atoms with Crippen molar-refractivity contribution in [2.24, 2.45) is 5.10 Å². The molecule has 0 atom stereocenters. The average molecular weight is 425 g/mol. The Balaban J connectivity index is 1.37. The van der Waals surface area contributed by atoms with Gasteiger partial charge in [-0.05, 0) is 53.1 Å². The fourth-order valence-electron chi connectivity index (χ4n) is 2.44. The highest BCUT2D eigenvalue weighted by Gasteiger charge is 2.01. The minimum absolute atomic E-state index is 0.120. The van der Waals surface area contributed by atoms with Crippen LogP contribution in [0.15, 0.2) is 84.0 Å². The summed E-state index contributed by atoms with van der Waals surface area (Å²) >= 11 is 7.43. The molecule has 3 aromatic rings. The number of hydrogen-bond donors (Lipinski definition) is 1. The third kappa shape index (κ3) is 7.64. The number of rotatable bonds is 9. The van der Waals surface area contributed by atoms with E-state index in [4.69, 9.17) is 16.3 Å². The van der Waals surface area contributed by atoms with Crippen molar-refractivity contribution >= 4 is 35.5 Å². The number of hydrazone groups is 1. The zero-order valence-electron chi connectivity index (χ0n) is 15.8. The smallest absolute Gasteiger partial charge is 0.250 e. The molecule has 3 aromatic carbocycles. The molecule has 0 radical (unpaired) electrons. The number of carbonyl (C=O) groups is 1. The Hall–Kier alpha value is -2.76. The second-order valence-electron chi connectivity index (χ2n) is 6.26. The van der Waals surface area contributed by atoms with E-state index in [-0.39, 0.29) is 5.91 Å². The molecule has 0 aliphatic carbocycles. The Kier molecular flexibility index (Phi) is 8.16. The van der Waals surface area contributed by atoms with E-state index in [0.29, 0.717) is 17.4 Å². The monoisotopic (exact) mass is 424 g/mol. The minimum Gasteiger partial charge on any atom is -0.489 e. The molecule has 3 rings (SSSR count). The standard InChI is InChI=1S/C23H21ClN2O2S/c24-21-10-6-19(7-11-21)15-28-22-12-8-18(9-13-22)14-25-26-23(27)17-29-16-20-4-2-1-3-5-20/h1-14H,15-17H2,(H,26,27). The number of carbonyl (C=O) groups excluding carboxylic acids is 1. The van der Waals surface area contributed by atoms with Crippen molar-refractivity contribution in [2.45, 2.75) is 12.4 Å². The van der Waals surface area contributed by atoms with Crippen LogP contribution in [0.25, 0.3) is 0 Å². The van der Waals surface area contributed by atoms with Crippen LogP contribution in [0.4, 0.5) is 0 Å². The number of benzene rings is 3. The van der Waals surface area contributed by atoms with Crippen LogP contribution in [0.1, 0.15) is 16.7 Å². The summed E-state index contributed by atoms with van der Waals surface area (Å²) in [6.45, 7) is 0.474. The number of halogens is 1. The van der Waals surface area contributed by atoms with Crippen LogP contribution >= 0.6 is 23.4 Å². The van der Waals surface area contributed by atoms with Crippen LogP contribution < -0.4 is 10.2 Å². The number of ether oxygens (including phenoxy) is 1. The predicted octanol–water partition coefficient (Wildman–Crippen LogP) is 5.30. The van der Waals surface area contributed by atoms with Gasteiger partial charge in [-0.15, -0.1) is 11.8 Å². The highest BCUT2D eigenvalue weighted by Crippen LogP contribution is 2.15. The maximum Gasteiger partial charge on any atom is 0.250 e. The van der Waals surface area contributed by atoms with Gasteiger partial charge in [-0.25, -0.2) is 5.43 Å². The molecule has 29 heavy (non-hydrogen) atoms. The van der Waals surface area contributed by atoms with Crippen molar-refractivity contribution in [3.8, 4) is 5.75 Å². The van der Waals surface area contributed by atoms with Crippen LogP contribution in [0.5, 0.6) is 5.75 Å². The van der Waals surface area contributed by atoms with Gasteiger partial charge in [0.15, 0.2) is 0 Å². The highest BCUT2D eigenvalue weighted by atomic mass is 35.5. The van der Waals surface area contributed by atoms with Crippen LogP contribution in [0.3, 0.4) is 0 Å². The molecule has 4 nitrogen and oxygen atoms in total. The second kappa shape index (κ2) is 11.3. The highest BCUT2D eigenvalue weighted by molar-refractivity contribution is 7.99. The fraction of sp³-hybridized carbons (Fsp3) is 0.130. The molecule has 0 aromatic heterocycles. The van der Waals surface area contributed by atoms with Gasteiger partial charge in [0.1, 0.15) is 12.4 Å². The molecule has 0 heterocycles. The first-order valence-corrected chi connectivity index (χ1v) is 10.6. The molecule has 0 bridgehead atoms. The number of hydrogen-bond acceptors (Lipinski definition) is 4. The van der Waals surface area contributed by atoms with E-state index in [1.54, 1.807) is 18.0 Å². The lowest BCUT2D eigenvalue weighted by Crippen LogP contribution is -2.19. The maximum absolute atomic E-state index is 11.8. The molecule has 0 fully saturated rings. The van der Waals surface area contributed by atoms with Crippen molar-refractivity contribution in [3.63, 3.8) is 0 Å². The summed E-state index contributed by atoms with van der Waals surface area (Å²) in [4.78, 5) is 11.8. The van der Waals surface area contributed by atoms with Gasteiger partial charge >= 0.3 is 0 Å². The van der Waals surface area contributed by atoms with E-state index in [9.17, 15) is 4.79 Å². The fourth-order valence-corrected chi connectivity index (χ4v) is 3.35. The number of amides is 1. The molecule has 0 spiro atoms. The first-order valence-electron chi connectivity index (χ1n) is 9.10. The zero-order chi connectivity index (χ0) is 20.3. The zero-order valence-corrected chi connectivity index (χ0v) is 17.3. The van der Waals surface area contributed by atoms with Crippen LogP contribution in [0.2, 0.25) is 5.02 Å². The van der Waals surface area contributed by atoms with Gasteiger partial charge in [-0.2, -0.15) is 5.10 Å². The van der Waals surface area contributed by atoms with Crippen molar-refractivity contribution in [3.05, 3.63) is 101 Å². The van der Waals surface area contributed by atoms with E-state index in [0.717, 1.165) is 22.6 Å². The van der Waals surface area contributed by atoms with Crippen LogP contribution in [0, 0.1) is 0 Å². The topological polar surface area (TPSA) is 50.7 Å². The summed E-state index contributed by atoms with van der Waals surface area (Å²) in [5, 5.41) is 4.72. The van der Waals surface area contributed by atoms with Gasteiger partial charge in [0, 0.05) is 10.8 Å². The van der Waals surface area contributed by atoms with E-state index in [1.165, 1.54) is 5.56 Å². The van der Waals surface area contributed by atoms with Gasteiger partial charge in [-0.3, -0.25) is 4.79 Å². The summed E-state index contributed by atoms with van der Waals surface area (Å²) in [5.41, 5.74) is 5.68. The first kappa shape index (κ1) is 21.0. The number of nitrogens with zero attached hydrogens (tertiary/aromatic N) is 1. The number of nitrogens with one attached hydrogen (secondary N) is 1. The molecule has 1 N–H and O–H groups in total. The summed E-state index contributed by atoms with van der Waals surface area (Å²) in [6.07, 6.45) is 1.61. The van der Waals surface area contributed by atoms with Crippen LogP contribution in [-0.4, -0.2) is 17.9 Å². The summed E-state index contributed by atoms with van der Waals surface area (Å²) in [6, 6.07) is 25.1. The molecule has 0 saturated heterocycles. The lowest BCUT2D eigenvalue weighted by Gasteiger charge is -2.06. The van der Waals surface area contributed by atoms with Gasteiger partial charge < -0.3 is 4.74 Å². The third-order valence-electron chi connectivity index (χ3n) is 3.95. The SMILES string of the molecule is O=C(CSCc1ccccc1)NN=Cc1ccc(OCc2ccc(Cl)cc2)cc1. The molecule has 6 heteroatoms. The lowest BCUT2D eigenvalue weighted by molar-refractivity contribution is -0.118. The summed E-state index contributed by atoms with van der Waals surface area (Å²) in [5.74, 6) is 1.81. The third-order valence-corrected chi connectivity index (χ3v) is 5.20. The normalized spacial score (nSPS) is 10.8.